The summed E-state index contributed by atoms with van der Waals surface area (Å²) in [5.74, 6) is -0.226. The molecule has 0 saturated carbocycles. The second-order valence-electron chi connectivity index (χ2n) is 4.05. The lowest BCUT2D eigenvalue weighted by molar-refractivity contribution is -0.120. The monoisotopic (exact) mass is 320 g/mol. The molecule has 1 amide bonds. The van der Waals surface area contributed by atoms with Gasteiger partial charge in [0.25, 0.3) is 5.91 Å². The number of carbonyl (C=O) groups is 1. The van der Waals surface area contributed by atoms with E-state index in [1.807, 2.05) is 18.2 Å². The Hall–Kier alpha value is -1.92. The lowest BCUT2D eigenvalue weighted by Crippen LogP contribution is -2.27. The Morgan fingerprint density at radius 3 is 2.76 bits per heavy atom. The van der Waals surface area contributed by atoms with Crippen LogP contribution < -0.4 is 5.43 Å². The van der Waals surface area contributed by atoms with Gasteiger partial charge in [0.05, 0.1) is 11.5 Å². The Labute approximate surface area is 131 Å². The minimum absolute atomic E-state index is 0.226. The number of nitrogens with zero attached hydrogens (tertiary/aromatic N) is 3. The molecule has 0 radical (unpaired) electrons. The fraction of sp³-hybridized carbons (Fsp3) is 0.143. The van der Waals surface area contributed by atoms with Crippen LogP contribution in [0.25, 0.3) is 0 Å². The summed E-state index contributed by atoms with van der Waals surface area (Å²) in [5.41, 5.74) is 3.22. The number of thioether (sulfide) groups is 1. The summed E-state index contributed by atoms with van der Waals surface area (Å²) < 4.78 is 0. The van der Waals surface area contributed by atoms with Gasteiger partial charge in [0.1, 0.15) is 0 Å². The van der Waals surface area contributed by atoms with Gasteiger partial charge in [-0.1, -0.05) is 41.6 Å². The first-order chi connectivity index (χ1) is 10.2. The highest BCUT2D eigenvalue weighted by molar-refractivity contribution is 8.00. The van der Waals surface area contributed by atoms with Gasteiger partial charge in [0.2, 0.25) is 0 Å². The van der Waals surface area contributed by atoms with Gasteiger partial charge in [-0.25, -0.2) is 15.4 Å². The molecule has 1 N–H and O–H groups in total. The van der Waals surface area contributed by atoms with Crippen LogP contribution in [0, 0.1) is 0 Å². The molecule has 1 unspecified atom stereocenters. The average Bonchev–Trinajstić information content (AvgIpc) is 2.50. The number of halogens is 1. The van der Waals surface area contributed by atoms with Crippen molar-refractivity contribution in [3.8, 4) is 0 Å². The molecule has 7 heteroatoms. The highest BCUT2D eigenvalue weighted by Gasteiger charge is 2.14. The summed E-state index contributed by atoms with van der Waals surface area (Å²) in [7, 11) is 0. The van der Waals surface area contributed by atoms with Crippen LogP contribution in [0.2, 0.25) is 5.02 Å². The van der Waals surface area contributed by atoms with Crippen molar-refractivity contribution in [1.82, 2.24) is 15.4 Å². The summed E-state index contributed by atoms with van der Waals surface area (Å²) in [6.07, 6.45) is 4.78. The van der Waals surface area contributed by atoms with Crippen molar-refractivity contribution >= 4 is 35.5 Å². The Kier molecular flexibility index (Phi) is 5.71. The van der Waals surface area contributed by atoms with E-state index in [4.69, 9.17) is 11.6 Å². The molecule has 0 bridgehead atoms. The number of nitrogens with one attached hydrogen (secondary N) is 1. The summed E-state index contributed by atoms with van der Waals surface area (Å²) in [5, 5.41) is 4.68. The molecule has 2 aromatic rings. The maximum absolute atomic E-state index is 11.9. The smallest absolute Gasteiger partial charge is 0.253 e. The zero-order chi connectivity index (χ0) is 15.1. The summed E-state index contributed by atoms with van der Waals surface area (Å²) >= 11 is 7.25. The minimum atomic E-state index is -0.351. The molecule has 0 aliphatic heterocycles. The highest BCUT2D eigenvalue weighted by atomic mass is 35.5. The standard InChI is InChI=1S/C14H13ClN4OS/c1-10(21-14-16-7-4-8-17-14)13(20)19-18-9-11-5-2-3-6-12(11)15/h2-10H,1H3,(H,19,20)/b18-9+. The SMILES string of the molecule is CC(Sc1ncccn1)C(=O)N/N=C/c1ccccc1Cl. The van der Waals surface area contributed by atoms with Crippen LogP contribution in [0.15, 0.2) is 53.0 Å². The van der Waals surface area contributed by atoms with Crippen molar-refractivity contribution in [2.24, 2.45) is 5.10 Å². The van der Waals surface area contributed by atoms with Crippen LogP contribution in [0.1, 0.15) is 12.5 Å². The van der Waals surface area contributed by atoms with Crippen LogP contribution in [-0.2, 0) is 4.79 Å². The van der Waals surface area contributed by atoms with E-state index in [-0.39, 0.29) is 11.2 Å². The summed E-state index contributed by atoms with van der Waals surface area (Å²) in [6, 6.07) is 8.98. The van der Waals surface area contributed by atoms with Crippen LogP contribution in [0.5, 0.6) is 0 Å². The second-order valence-corrected chi connectivity index (χ2v) is 5.76. The first kappa shape index (κ1) is 15.5. The topological polar surface area (TPSA) is 67.2 Å². The van der Waals surface area contributed by atoms with Gasteiger partial charge in [-0.3, -0.25) is 4.79 Å². The molecular weight excluding hydrogens is 308 g/mol. The zero-order valence-corrected chi connectivity index (χ0v) is 12.8. The molecule has 108 valence electrons. The van der Waals surface area contributed by atoms with E-state index < -0.39 is 0 Å². The molecule has 1 atom stereocenters. The molecule has 1 aromatic heterocycles. The van der Waals surface area contributed by atoms with Crippen molar-refractivity contribution in [2.75, 3.05) is 0 Å². The lowest BCUT2D eigenvalue weighted by Gasteiger charge is -2.07. The fourth-order valence-corrected chi connectivity index (χ4v) is 2.30. The fourth-order valence-electron chi connectivity index (χ4n) is 1.39. The molecule has 1 aromatic carbocycles. The van der Waals surface area contributed by atoms with E-state index in [0.717, 1.165) is 5.56 Å². The van der Waals surface area contributed by atoms with E-state index in [2.05, 4.69) is 20.5 Å². The van der Waals surface area contributed by atoms with Gasteiger partial charge < -0.3 is 0 Å². The molecular formula is C14H13ClN4OS. The van der Waals surface area contributed by atoms with Gasteiger partial charge in [0, 0.05) is 23.0 Å². The first-order valence-electron chi connectivity index (χ1n) is 6.18. The van der Waals surface area contributed by atoms with Gasteiger partial charge >= 0.3 is 0 Å². The van der Waals surface area contributed by atoms with Gasteiger partial charge in [0.15, 0.2) is 5.16 Å². The summed E-state index contributed by atoms with van der Waals surface area (Å²) in [4.78, 5) is 20.0. The number of amides is 1. The van der Waals surface area contributed by atoms with Crippen LogP contribution in [0.3, 0.4) is 0 Å². The minimum Gasteiger partial charge on any atom is -0.272 e. The third-order valence-electron chi connectivity index (χ3n) is 2.48. The van der Waals surface area contributed by atoms with E-state index in [9.17, 15) is 4.79 Å². The Morgan fingerprint density at radius 2 is 2.05 bits per heavy atom. The predicted octanol–water partition coefficient (Wildman–Crippen LogP) is 2.76. The van der Waals surface area contributed by atoms with E-state index in [0.29, 0.717) is 10.2 Å². The number of carbonyl (C=O) groups excluding carboxylic acids is 1. The maximum Gasteiger partial charge on any atom is 0.253 e. The lowest BCUT2D eigenvalue weighted by atomic mass is 10.2. The Morgan fingerprint density at radius 1 is 1.33 bits per heavy atom. The van der Waals surface area contributed by atoms with Crippen LogP contribution >= 0.6 is 23.4 Å². The Bertz CT molecular complexity index is 636. The van der Waals surface area contributed by atoms with Gasteiger partial charge in [-0.05, 0) is 19.1 Å². The molecule has 5 nitrogen and oxygen atoms in total. The van der Waals surface area contributed by atoms with Crippen molar-refractivity contribution < 1.29 is 4.79 Å². The first-order valence-corrected chi connectivity index (χ1v) is 7.43. The molecule has 2 rings (SSSR count). The zero-order valence-electron chi connectivity index (χ0n) is 11.2. The van der Waals surface area contributed by atoms with Gasteiger partial charge in [-0.15, -0.1) is 0 Å². The molecule has 0 saturated heterocycles. The predicted molar refractivity (Wildman–Crippen MR) is 84.5 cm³/mol. The molecule has 0 aliphatic carbocycles. The van der Waals surface area contributed by atoms with Crippen LogP contribution in [0.4, 0.5) is 0 Å². The molecule has 0 aliphatic rings. The number of hydrogen-bond donors (Lipinski definition) is 1. The third-order valence-corrected chi connectivity index (χ3v) is 3.81. The van der Waals surface area contributed by atoms with Crippen molar-refractivity contribution in [3.63, 3.8) is 0 Å². The second kappa shape index (κ2) is 7.75. The third kappa shape index (κ3) is 4.84. The number of hydrogen-bond acceptors (Lipinski definition) is 5. The van der Waals surface area contributed by atoms with Crippen LogP contribution in [-0.4, -0.2) is 27.3 Å². The van der Waals surface area contributed by atoms with Gasteiger partial charge in [-0.2, -0.15) is 5.10 Å². The average molecular weight is 321 g/mol. The normalized spacial score (nSPS) is 12.3. The van der Waals surface area contributed by atoms with E-state index in [1.54, 1.807) is 31.5 Å². The number of aromatic nitrogens is 2. The van der Waals surface area contributed by atoms with Crippen molar-refractivity contribution in [1.29, 1.82) is 0 Å². The number of benzene rings is 1. The largest absolute Gasteiger partial charge is 0.272 e. The number of rotatable bonds is 5. The van der Waals surface area contributed by atoms with Crippen molar-refractivity contribution in [3.05, 3.63) is 53.3 Å². The molecule has 1 heterocycles. The number of hydrazone groups is 1. The maximum atomic E-state index is 11.9. The highest BCUT2D eigenvalue weighted by Crippen LogP contribution is 2.18. The molecule has 0 fully saturated rings. The summed E-state index contributed by atoms with van der Waals surface area (Å²) in [6.45, 7) is 1.77. The Balaban J connectivity index is 1.88. The van der Waals surface area contributed by atoms with E-state index in [1.165, 1.54) is 18.0 Å². The molecule has 21 heavy (non-hydrogen) atoms. The molecule has 0 spiro atoms. The van der Waals surface area contributed by atoms with Crippen molar-refractivity contribution in [2.45, 2.75) is 17.3 Å². The quantitative estimate of drug-likeness (QED) is 0.398. The van der Waals surface area contributed by atoms with E-state index >= 15 is 0 Å².